The number of phenolic OH excluding ortho intramolecular Hbond substituents is 1. The molecule has 0 bridgehead atoms. The number of amides is 1. The lowest BCUT2D eigenvalue weighted by Crippen LogP contribution is -2.30. The topological polar surface area (TPSA) is 53.4 Å². The molecule has 0 saturated heterocycles. The predicted octanol–water partition coefficient (Wildman–Crippen LogP) is 3.27. The fourth-order valence-electron chi connectivity index (χ4n) is 1.93. The first-order valence-corrected chi connectivity index (χ1v) is 6.55. The highest BCUT2D eigenvalue weighted by Gasteiger charge is 2.21. The van der Waals surface area contributed by atoms with Gasteiger partial charge in [-0.25, -0.2) is 0 Å². The van der Waals surface area contributed by atoms with E-state index >= 15 is 0 Å². The minimum Gasteiger partial charge on any atom is -0.508 e. The number of carbonyl (C=O) groups excluding carboxylic acids is 1. The first kappa shape index (κ1) is 14.3. The third-order valence-corrected chi connectivity index (χ3v) is 3.46. The first-order valence-electron chi connectivity index (χ1n) is 6.17. The number of hydrogen-bond donors (Lipinski definition) is 1. The highest BCUT2D eigenvalue weighted by molar-refractivity contribution is 6.30. The Balaban J connectivity index is 2.25. The summed E-state index contributed by atoms with van der Waals surface area (Å²) in [6.45, 7) is 1.84. The van der Waals surface area contributed by atoms with Gasteiger partial charge in [-0.05, 0) is 25.1 Å². The number of nitrogens with zero attached hydrogens (tertiary/aromatic N) is 2. The van der Waals surface area contributed by atoms with Crippen LogP contribution in [-0.2, 0) is 0 Å². The van der Waals surface area contributed by atoms with Gasteiger partial charge in [-0.2, -0.15) is 0 Å². The van der Waals surface area contributed by atoms with Gasteiger partial charge in [0.1, 0.15) is 11.4 Å². The van der Waals surface area contributed by atoms with Gasteiger partial charge in [0.2, 0.25) is 0 Å². The Morgan fingerprint density at radius 2 is 2.05 bits per heavy atom. The van der Waals surface area contributed by atoms with Crippen molar-refractivity contribution >= 4 is 17.5 Å². The molecule has 0 aliphatic rings. The van der Waals surface area contributed by atoms with Crippen molar-refractivity contribution < 1.29 is 9.90 Å². The van der Waals surface area contributed by atoms with Gasteiger partial charge in [0, 0.05) is 23.8 Å². The number of pyridine rings is 1. The van der Waals surface area contributed by atoms with Gasteiger partial charge in [-0.3, -0.25) is 9.78 Å². The van der Waals surface area contributed by atoms with Gasteiger partial charge in [0.15, 0.2) is 0 Å². The molecule has 104 valence electrons. The molecule has 0 fully saturated rings. The van der Waals surface area contributed by atoms with Crippen LogP contribution in [0.15, 0.2) is 42.6 Å². The molecule has 0 spiro atoms. The number of para-hydroxylation sites is 1. The summed E-state index contributed by atoms with van der Waals surface area (Å²) in [6.07, 6.45) is 1.49. The number of aromatic hydroxyl groups is 1. The Kier molecular flexibility index (Phi) is 4.25. The fraction of sp³-hybridized carbons (Fsp3) is 0.200. The predicted molar refractivity (Wildman–Crippen MR) is 77.9 cm³/mol. The van der Waals surface area contributed by atoms with E-state index in [9.17, 15) is 9.90 Å². The van der Waals surface area contributed by atoms with Crippen LogP contribution in [0.3, 0.4) is 0 Å². The van der Waals surface area contributed by atoms with Crippen LogP contribution in [0.1, 0.15) is 29.0 Å². The van der Waals surface area contributed by atoms with E-state index in [1.807, 2.05) is 13.0 Å². The van der Waals surface area contributed by atoms with E-state index in [-0.39, 0.29) is 23.4 Å². The summed E-state index contributed by atoms with van der Waals surface area (Å²) in [6, 6.07) is 9.82. The molecule has 20 heavy (non-hydrogen) atoms. The zero-order valence-electron chi connectivity index (χ0n) is 11.2. The molecule has 1 amide bonds. The van der Waals surface area contributed by atoms with Crippen molar-refractivity contribution in [2.45, 2.75) is 13.0 Å². The highest BCUT2D eigenvalue weighted by atomic mass is 35.5. The average Bonchev–Trinajstić information content (AvgIpc) is 2.45. The number of carbonyl (C=O) groups is 1. The Hall–Kier alpha value is -2.07. The summed E-state index contributed by atoms with van der Waals surface area (Å²) in [4.78, 5) is 17.9. The largest absolute Gasteiger partial charge is 0.508 e. The molecule has 1 N–H and O–H groups in total. The van der Waals surface area contributed by atoms with Gasteiger partial charge in [-0.15, -0.1) is 0 Å². The third kappa shape index (κ3) is 2.91. The summed E-state index contributed by atoms with van der Waals surface area (Å²) < 4.78 is 0. The molecule has 1 heterocycles. The molecule has 1 atom stereocenters. The van der Waals surface area contributed by atoms with Crippen LogP contribution < -0.4 is 0 Å². The minimum atomic E-state index is -0.274. The Bertz CT molecular complexity index is 631. The maximum atomic E-state index is 12.3. The van der Waals surface area contributed by atoms with Crippen LogP contribution >= 0.6 is 11.6 Å². The van der Waals surface area contributed by atoms with Crippen LogP contribution in [0.5, 0.6) is 5.75 Å². The Morgan fingerprint density at radius 1 is 1.35 bits per heavy atom. The summed E-state index contributed by atoms with van der Waals surface area (Å²) in [7, 11) is 1.67. The number of halogens is 1. The van der Waals surface area contributed by atoms with Crippen molar-refractivity contribution in [1.29, 1.82) is 0 Å². The smallest absolute Gasteiger partial charge is 0.272 e. The van der Waals surface area contributed by atoms with Crippen molar-refractivity contribution in [3.8, 4) is 5.75 Å². The van der Waals surface area contributed by atoms with E-state index < -0.39 is 0 Å². The number of benzene rings is 1. The summed E-state index contributed by atoms with van der Waals surface area (Å²) >= 11 is 5.86. The second kappa shape index (κ2) is 5.92. The monoisotopic (exact) mass is 290 g/mol. The second-order valence-electron chi connectivity index (χ2n) is 4.51. The highest BCUT2D eigenvalue weighted by Crippen LogP contribution is 2.28. The van der Waals surface area contributed by atoms with Gasteiger partial charge < -0.3 is 10.0 Å². The Labute approximate surface area is 122 Å². The van der Waals surface area contributed by atoms with Crippen molar-refractivity contribution in [3.05, 3.63) is 58.9 Å². The molecule has 1 aromatic heterocycles. The molecular weight excluding hydrogens is 276 g/mol. The number of hydrogen-bond acceptors (Lipinski definition) is 3. The maximum absolute atomic E-state index is 12.3. The molecule has 1 aromatic carbocycles. The van der Waals surface area contributed by atoms with Crippen molar-refractivity contribution in [2.75, 3.05) is 7.05 Å². The normalized spacial score (nSPS) is 11.9. The number of aromatic nitrogens is 1. The molecule has 4 nitrogen and oxygen atoms in total. The second-order valence-corrected chi connectivity index (χ2v) is 4.95. The average molecular weight is 291 g/mol. The van der Waals surface area contributed by atoms with E-state index in [1.54, 1.807) is 31.3 Å². The number of phenols is 1. The molecule has 0 radical (unpaired) electrons. The van der Waals surface area contributed by atoms with E-state index in [1.165, 1.54) is 17.2 Å². The summed E-state index contributed by atoms with van der Waals surface area (Å²) in [5.74, 6) is -0.0815. The zero-order valence-corrected chi connectivity index (χ0v) is 12.0. The van der Waals surface area contributed by atoms with E-state index in [0.29, 0.717) is 10.6 Å². The van der Waals surface area contributed by atoms with Gasteiger partial charge >= 0.3 is 0 Å². The van der Waals surface area contributed by atoms with Crippen molar-refractivity contribution in [3.63, 3.8) is 0 Å². The SMILES string of the molecule is CC(c1ccccc1O)N(C)C(=O)c1cc(Cl)ccn1. The van der Waals surface area contributed by atoms with Gasteiger partial charge in [0.05, 0.1) is 6.04 Å². The van der Waals surface area contributed by atoms with Gasteiger partial charge in [0.25, 0.3) is 5.91 Å². The molecule has 0 saturated carbocycles. The number of rotatable bonds is 3. The Morgan fingerprint density at radius 3 is 2.70 bits per heavy atom. The van der Waals surface area contributed by atoms with Crippen molar-refractivity contribution in [2.24, 2.45) is 0 Å². The summed E-state index contributed by atoms with van der Waals surface area (Å²) in [5.41, 5.74) is 0.965. The third-order valence-electron chi connectivity index (χ3n) is 3.23. The fourth-order valence-corrected chi connectivity index (χ4v) is 2.09. The first-order chi connectivity index (χ1) is 9.50. The van der Waals surface area contributed by atoms with Crippen LogP contribution in [0.2, 0.25) is 5.02 Å². The molecule has 2 aromatic rings. The minimum absolute atomic E-state index is 0.165. The molecule has 1 unspecified atom stereocenters. The zero-order chi connectivity index (χ0) is 14.7. The molecular formula is C15H15ClN2O2. The standard InChI is InChI=1S/C15H15ClN2O2/c1-10(12-5-3-4-6-14(12)19)18(2)15(20)13-9-11(16)7-8-17-13/h3-10,19H,1-2H3. The van der Waals surface area contributed by atoms with Crippen LogP contribution in [-0.4, -0.2) is 27.9 Å². The molecule has 5 heteroatoms. The lowest BCUT2D eigenvalue weighted by Gasteiger charge is -2.25. The molecule has 2 rings (SSSR count). The van der Waals surface area contributed by atoms with Crippen LogP contribution in [0, 0.1) is 0 Å². The van der Waals surface area contributed by atoms with Gasteiger partial charge in [-0.1, -0.05) is 29.8 Å². The van der Waals surface area contributed by atoms with E-state index in [4.69, 9.17) is 11.6 Å². The molecule has 0 aliphatic carbocycles. The van der Waals surface area contributed by atoms with E-state index in [0.717, 1.165) is 0 Å². The molecule has 0 aliphatic heterocycles. The quantitative estimate of drug-likeness (QED) is 0.944. The van der Waals surface area contributed by atoms with Crippen LogP contribution in [0.4, 0.5) is 0 Å². The van der Waals surface area contributed by atoms with Crippen molar-refractivity contribution in [1.82, 2.24) is 9.88 Å². The van der Waals surface area contributed by atoms with Crippen LogP contribution in [0.25, 0.3) is 0 Å². The lowest BCUT2D eigenvalue weighted by atomic mass is 10.1. The van der Waals surface area contributed by atoms with E-state index in [2.05, 4.69) is 4.98 Å². The lowest BCUT2D eigenvalue weighted by molar-refractivity contribution is 0.0735. The maximum Gasteiger partial charge on any atom is 0.272 e. The summed E-state index contributed by atoms with van der Waals surface area (Å²) in [5, 5.41) is 10.3.